The fraction of sp³-hybridized carbons (Fsp3) is 0.348. The molecule has 148 valence electrons. The van der Waals surface area contributed by atoms with Gasteiger partial charge in [0.2, 0.25) is 0 Å². The van der Waals surface area contributed by atoms with Crippen molar-refractivity contribution in [3.05, 3.63) is 71.1 Å². The number of aromatic nitrogens is 3. The van der Waals surface area contributed by atoms with Crippen LogP contribution >= 0.6 is 11.8 Å². The fourth-order valence-electron chi connectivity index (χ4n) is 5.52. The molecule has 2 heterocycles. The van der Waals surface area contributed by atoms with Crippen LogP contribution in [0.15, 0.2) is 47.5 Å². The molecule has 0 aliphatic heterocycles. The minimum Gasteiger partial charge on any atom is -0.246 e. The Bertz CT molecular complexity index is 1110. The standard InChI is InChI=1S/C23H21F2N3S/c1-22(2)14-10-11-23(22,18-8-5-9-19(26-18)29-3)21-13(14)12-17(27-28-21)20-15(24)6-4-7-16(20)25/h4-9,12,14H,10-11H2,1-3H3/t14-,23-/m0/s1. The maximum atomic E-state index is 14.3. The van der Waals surface area contributed by atoms with Crippen molar-refractivity contribution in [1.82, 2.24) is 15.2 Å². The molecule has 5 rings (SSSR count). The van der Waals surface area contributed by atoms with Gasteiger partial charge >= 0.3 is 0 Å². The van der Waals surface area contributed by atoms with Crippen LogP contribution in [0.2, 0.25) is 0 Å². The van der Waals surface area contributed by atoms with Gasteiger partial charge in [-0.1, -0.05) is 26.0 Å². The van der Waals surface area contributed by atoms with Crippen molar-refractivity contribution in [1.29, 1.82) is 0 Å². The second kappa shape index (κ2) is 6.33. The molecular weight excluding hydrogens is 388 g/mol. The Morgan fingerprint density at radius 3 is 2.48 bits per heavy atom. The van der Waals surface area contributed by atoms with Crippen LogP contribution in [0.1, 0.15) is 49.6 Å². The number of fused-ring (bicyclic) bond motifs is 5. The summed E-state index contributed by atoms with van der Waals surface area (Å²) in [6.07, 6.45) is 3.96. The molecule has 0 radical (unpaired) electrons. The maximum absolute atomic E-state index is 14.3. The molecule has 3 aromatic rings. The molecule has 6 heteroatoms. The van der Waals surface area contributed by atoms with E-state index in [-0.39, 0.29) is 28.0 Å². The van der Waals surface area contributed by atoms with E-state index in [0.29, 0.717) is 0 Å². The Morgan fingerprint density at radius 1 is 1.03 bits per heavy atom. The number of halogens is 2. The average molecular weight is 410 g/mol. The van der Waals surface area contributed by atoms with E-state index in [4.69, 9.17) is 4.98 Å². The molecule has 0 amide bonds. The zero-order valence-electron chi connectivity index (χ0n) is 16.5. The summed E-state index contributed by atoms with van der Waals surface area (Å²) in [4.78, 5) is 4.92. The van der Waals surface area contributed by atoms with Crippen molar-refractivity contribution in [3.8, 4) is 11.3 Å². The van der Waals surface area contributed by atoms with Crippen molar-refractivity contribution < 1.29 is 8.78 Å². The Hall–Kier alpha value is -2.34. The number of hydrogen-bond acceptors (Lipinski definition) is 4. The van der Waals surface area contributed by atoms with Crippen molar-refractivity contribution >= 4 is 11.8 Å². The van der Waals surface area contributed by atoms with Crippen molar-refractivity contribution in [2.75, 3.05) is 6.26 Å². The van der Waals surface area contributed by atoms with Crippen LogP contribution in [0, 0.1) is 17.0 Å². The van der Waals surface area contributed by atoms with Crippen molar-refractivity contribution in [2.24, 2.45) is 5.41 Å². The first kappa shape index (κ1) is 18.7. The second-order valence-corrected chi connectivity index (χ2v) is 9.24. The van der Waals surface area contributed by atoms with E-state index in [2.05, 4.69) is 30.1 Å². The van der Waals surface area contributed by atoms with Crippen LogP contribution in [-0.2, 0) is 5.41 Å². The third-order valence-electron chi connectivity index (χ3n) is 6.97. The van der Waals surface area contributed by atoms with Gasteiger partial charge in [0.05, 0.1) is 33.1 Å². The minimum atomic E-state index is -0.620. The molecule has 1 saturated carbocycles. The Morgan fingerprint density at radius 2 is 1.76 bits per heavy atom. The second-order valence-electron chi connectivity index (χ2n) is 8.41. The fourth-order valence-corrected chi connectivity index (χ4v) is 5.93. The highest BCUT2D eigenvalue weighted by molar-refractivity contribution is 7.98. The average Bonchev–Trinajstić information content (AvgIpc) is 3.09. The van der Waals surface area contributed by atoms with E-state index in [9.17, 15) is 8.78 Å². The van der Waals surface area contributed by atoms with Crippen LogP contribution in [0.5, 0.6) is 0 Å². The summed E-state index contributed by atoms with van der Waals surface area (Å²) in [5, 5.41) is 9.82. The molecule has 0 spiro atoms. The van der Waals surface area contributed by atoms with E-state index in [0.717, 1.165) is 34.8 Å². The van der Waals surface area contributed by atoms with E-state index in [1.807, 2.05) is 24.5 Å². The monoisotopic (exact) mass is 409 g/mol. The summed E-state index contributed by atoms with van der Waals surface area (Å²) >= 11 is 1.62. The number of hydrogen-bond donors (Lipinski definition) is 0. The van der Waals surface area contributed by atoms with E-state index < -0.39 is 11.6 Å². The first-order valence-corrected chi connectivity index (χ1v) is 11.0. The predicted octanol–water partition coefficient (Wildman–Crippen LogP) is 5.74. The lowest BCUT2D eigenvalue weighted by Gasteiger charge is -2.37. The number of nitrogens with zero attached hydrogens (tertiary/aromatic N) is 3. The zero-order valence-corrected chi connectivity index (χ0v) is 17.4. The largest absolute Gasteiger partial charge is 0.246 e. The topological polar surface area (TPSA) is 38.7 Å². The van der Waals surface area contributed by atoms with Gasteiger partial charge in [0.15, 0.2) is 0 Å². The predicted molar refractivity (Wildman–Crippen MR) is 110 cm³/mol. The van der Waals surface area contributed by atoms with Crippen LogP contribution in [-0.4, -0.2) is 21.4 Å². The SMILES string of the molecule is CSc1cccc([C@@]23CC[C@@H](c4cc(-c5c(F)cccc5F)nnc42)C3(C)C)n1. The smallest absolute Gasteiger partial charge is 0.135 e. The molecule has 29 heavy (non-hydrogen) atoms. The first-order valence-electron chi connectivity index (χ1n) is 9.74. The Labute approximate surface area is 173 Å². The molecule has 1 aromatic carbocycles. The molecule has 0 saturated heterocycles. The van der Waals surface area contributed by atoms with Crippen LogP contribution in [0.25, 0.3) is 11.3 Å². The normalized spacial score (nSPS) is 24.0. The lowest BCUT2D eigenvalue weighted by atomic mass is 9.66. The molecule has 2 aliphatic carbocycles. The van der Waals surface area contributed by atoms with Gasteiger partial charge in [-0.2, -0.15) is 5.10 Å². The zero-order chi connectivity index (χ0) is 20.4. The van der Waals surface area contributed by atoms with Crippen molar-refractivity contribution in [3.63, 3.8) is 0 Å². The lowest BCUT2D eigenvalue weighted by molar-refractivity contribution is 0.242. The third kappa shape index (κ3) is 2.38. The summed E-state index contributed by atoms with van der Waals surface area (Å²) in [7, 11) is 0. The molecule has 3 nitrogen and oxygen atoms in total. The quantitative estimate of drug-likeness (QED) is 0.517. The summed E-state index contributed by atoms with van der Waals surface area (Å²) in [5.74, 6) is -0.988. The van der Waals surface area contributed by atoms with Gasteiger partial charge in [-0.3, -0.25) is 0 Å². The summed E-state index contributed by atoms with van der Waals surface area (Å²) in [6.45, 7) is 4.51. The number of rotatable bonds is 3. The van der Waals surface area contributed by atoms with Gasteiger partial charge in [0.1, 0.15) is 11.6 Å². The van der Waals surface area contributed by atoms with Crippen LogP contribution in [0.3, 0.4) is 0 Å². The van der Waals surface area contributed by atoms with Gasteiger partial charge in [0, 0.05) is 0 Å². The number of thioether (sulfide) groups is 1. The first-order chi connectivity index (χ1) is 13.9. The molecule has 0 unspecified atom stereocenters. The lowest BCUT2D eigenvalue weighted by Crippen LogP contribution is -2.37. The minimum absolute atomic E-state index is 0.111. The van der Waals surface area contributed by atoms with Crippen molar-refractivity contribution in [2.45, 2.75) is 43.0 Å². The molecule has 2 aromatic heterocycles. The van der Waals surface area contributed by atoms with E-state index in [1.54, 1.807) is 11.8 Å². The van der Waals surface area contributed by atoms with E-state index >= 15 is 0 Å². The summed E-state index contributed by atoms with van der Waals surface area (Å²) in [6, 6.07) is 11.8. The molecule has 1 fully saturated rings. The Balaban J connectivity index is 1.72. The van der Waals surface area contributed by atoms with Gasteiger partial charge in [0.25, 0.3) is 0 Å². The number of benzene rings is 1. The molecule has 2 aliphatic rings. The highest BCUT2D eigenvalue weighted by atomic mass is 32.2. The van der Waals surface area contributed by atoms with Gasteiger partial charge < -0.3 is 0 Å². The summed E-state index contributed by atoms with van der Waals surface area (Å²) in [5.41, 5.74) is 2.66. The maximum Gasteiger partial charge on any atom is 0.135 e. The Kier molecular flexibility index (Phi) is 4.07. The van der Waals surface area contributed by atoms with Gasteiger partial charge in [-0.05, 0) is 66.3 Å². The molecule has 2 atom stereocenters. The van der Waals surface area contributed by atoms with Gasteiger partial charge in [-0.25, -0.2) is 13.8 Å². The molecule has 0 N–H and O–H groups in total. The summed E-state index contributed by atoms with van der Waals surface area (Å²) < 4.78 is 28.7. The van der Waals surface area contributed by atoms with E-state index in [1.165, 1.54) is 18.2 Å². The number of pyridine rings is 1. The molecule has 2 bridgehead atoms. The van der Waals surface area contributed by atoms with Gasteiger partial charge in [-0.15, -0.1) is 16.9 Å². The highest BCUT2D eigenvalue weighted by Gasteiger charge is 2.65. The molecular formula is C23H21F2N3S. The highest BCUT2D eigenvalue weighted by Crippen LogP contribution is 2.69. The van der Waals surface area contributed by atoms with Crippen LogP contribution in [0.4, 0.5) is 8.78 Å². The van der Waals surface area contributed by atoms with Crippen LogP contribution < -0.4 is 0 Å². The third-order valence-corrected chi connectivity index (χ3v) is 7.62.